The Kier molecular flexibility index (Phi) is 6.66. The van der Waals surface area contributed by atoms with Gasteiger partial charge in [-0.1, -0.05) is 25.8 Å². The van der Waals surface area contributed by atoms with E-state index >= 15 is 0 Å². The lowest BCUT2D eigenvalue weighted by Gasteiger charge is -2.32. The molecule has 2 aromatic carbocycles. The van der Waals surface area contributed by atoms with Crippen molar-refractivity contribution in [1.82, 2.24) is 0 Å². The molecule has 0 saturated carbocycles. The zero-order chi connectivity index (χ0) is 21.9. The molecule has 30 heavy (non-hydrogen) atoms. The van der Waals surface area contributed by atoms with E-state index in [0.717, 1.165) is 25.7 Å². The van der Waals surface area contributed by atoms with Crippen molar-refractivity contribution in [3.8, 4) is 28.7 Å². The maximum atomic E-state index is 10.6. The lowest BCUT2D eigenvalue weighted by molar-refractivity contribution is 0.0195. The number of aliphatic hydroxyl groups excluding tert-OH is 1. The molecule has 0 fully saturated rings. The van der Waals surface area contributed by atoms with Gasteiger partial charge in [0.2, 0.25) is 0 Å². The van der Waals surface area contributed by atoms with E-state index in [0.29, 0.717) is 28.4 Å². The summed E-state index contributed by atoms with van der Waals surface area (Å²) in [5.74, 6) is 1.37. The van der Waals surface area contributed by atoms with Gasteiger partial charge >= 0.3 is 0 Å². The summed E-state index contributed by atoms with van der Waals surface area (Å²) >= 11 is 0. The molecule has 0 saturated heterocycles. The second-order valence-electron chi connectivity index (χ2n) is 8.48. The number of rotatable bonds is 8. The number of phenols is 2. The Hall–Kier alpha value is -2.60. The van der Waals surface area contributed by atoms with Crippen LogP contribution < -0.4 is 14.2 Å². The summed E-state index contributed by atoms with van der Waals surface area (Å²) in [6, 6.07) is 8.24. The molecule has 0 amide bonds. The van der Waals surface area contributed by atoms with E-state index in [-0.39, 0.29) is 23.5 Å². The minimum Gasteiger partial charge on any atom is -0.507 e. The summed E-state index contributed by atoms with van der Waals surface area (Å²) in [5.41, 5.74) is 0.781. The monoisotopic (exact) mass is 416 g/mol. The Morgan fingerprint density at radius 1 is 1.10 bits per heavy atom. The van der Waals surface area contributed by atoms with Gasteiger partial charge in [-0.3, -0.25) is 0 Å². The van der Waals surface area contributed by atoms with Crippen molar-refractivity contribution in [1.29, 1.82) is 0 Å². The van der Waals surface area contributed by atoms with Crippen molar-refractivity contribution < 1.29 is 29.5 Å². The molecule has 2 atom stereocenters. The second kappa shape index (κ2) is 9.04. The number of hydrogen-bond donors (Lipinski definition) is 3. The largest absolute Gasteiger partial charge is 0.507 e. The zero-order valence-electron chi connectivity index (χ0n) is 18.1. The summed E-state index contributed by atoms with van der Waals surface area (Å²) in [4.78, 5) is 0. The van der Waals surface area contributed by atoms with Gasteiger partial charge in [0.15, 0.2) is 11.5 Å². The van der Waals surface area contributed by atoms with Gasteiger partial charge in [0.1, 0.15) is 29.0 Å². The number of ether oxygens (including phenoxy) is 3. The standard InChI is InChI=1S/C24H32O6/c1-5-6-7-10-24(2,3)30-21-9-8-15(11-19(21)26)23-20(27)14-17-18(25)12-16(28-4)13-22(17)29-23/h8-9,11-13,20,23,25-27H,5-7,10,14H2,1-4H3/t20?,23-/m1/s1. The molecule has 1 heterocycles. The first-order valence-electron chi connectivity index (χ1n) is 10.5. The van der Waals surface area contributed by atoms with Gasteiger partial charge < -0.3 is 29.5 Å². The van der Waals surface area contributed by atoms with E-state index in [2.05, 4.69) is 6.92 Å². The van der Waals surface area contributed by atoms with Crippen LogP contribution in [0.1, 0.15) is 63.7 Å². The first-order valence-corrected chi connectivity index (χ1v) is 10.5. The van der Waals surface area contributed by atoms with E-state index in [4.69, 9.17) is 14.2 Å². The van der Waals surface area contributed by atoms with Crippen molar-refractivity contribution >= 4 is 0 Å². The van der Waals surface area contributed by atoms with Crippen LogP contribution in [0.4, 0.5) is 0 Å². The van der Waals surface area contributed by atoms with Crippen molar-refractivity contribution in [2.75, 3.05) is 7.11 Å². The lowest BCUT2D eigenvalue weighted by Crippen LogP contribution is -2.30. The molecule has 3 N–H and O–H groups in total. The molecule has 0 aliphatic carbocycles. The second-order valence-corrected chi connectivity index (χ2v) is 8.48. The number of fused-ring (bicyclic) bond motifs is 1. The number of methoxy groups -OCH3 is 1. The fraction of sp³-hybridized carbons (Fsp3) is 0.500. The van der Waals surface area contributed by atoms with Gasteiger partial charge in [-0.2, -0.15) is 0 Å². The molecule has 164 valence electrons. The molecule has 1 aliphatic rings. The van der Waals surface area contributed by atoms with E-state index < -0.39 is 12.2 Å². The first-order chi connectivity index (χ1) is 14.2. The van der Waals surface area contributed by atoms with Gasteiger partial charge in [0.05, 0.1) is 13.2 Å². The molecular formula is C24H32O6. The molecule has 1 unspecified atom stereocenters. The maximum absolute atomic E-state index is 10.6. The molecule has 3 rings (SSSR count). The highest BCUT2D eigenvalue weighted by molar-refractivity contribution is 5.52. The quantitative estimate of drug-likeness (QED) is 0.532. The third-order valence-electron chi connectivity index (χ3n) is 5.49. The highest BCUT2D eigenvalue weighted by atomic mass is 16.5. The third kappa shape index (κ3) is 4.93. The smallest absolute Gasteiger partial charge is 0.161 e. The van der Waals surface area contributed by atoms with Crippen LogP contribution in [0, 0.1) is 0 Å². The van der Waals surface area contributed by atoms with Crippen molar-refractivity contribution in [3.63, 3.8) is 0 Å². The fourth-order valence-electron chi connectivity index (χ4n) is 3.80. The van der Waals surface area contributed by atoms with Gasteiger partial charge in [-0.15, -0.1) is 0 Å². The Bertz CT molecular complexity index is 876. The molecule has 2 aromatic rings. The number of phenolic OH excluding ortho intramolecular Hbond substituents is 2. The normalized spacial score (nSPS) is 18.4. The predicted molar refractivity (Wildman–Crippen MR) is 115 cm³/mol. The van der Waals surface area contributed by atoms with E-state index in [1.807, 2.05) is 13.8 Å². The highest BCUT2D eigenvalue weighted by Gasteiger charge is 2.33. The van der Waals surface area contributed by atoms with Crippen molar-refractivity contribution in [2.45, 2.75) is 70.7 Å². The predicted octanol–water partition coefficient (Wildman–Crippen LogP) is 4.88. The van der Waals surface area contributed by atoms with Gasteiger partial charge in [0, 0.05) is 24.1 Å². The number of benzene rings is 2. The Balaban J connectivity index is 1.78. The van der Waals surface area contributed by atoms with E-state index in [1.54, 1.807) is 24.3 Å². The van der Waals surface area contributed by atoms with Crippen LogP contribution in [-0.4, -0.2) is 34.1 Å². The molecule has 0 spiro atoms. The summed E-state index contributed by atoms with van der Waals surface area (Å²) in [6.45, 7) is 6.19. The minimum absolute atomic E-state index is 0.00570. The van der Waals surface area contributed by atoms with Crippen LogP contribution >= 0.6 is 0 Å². The minimum atomic E-state index is -0.867. The Morgan fingerprint density at radius 3 is 2.53 bits per heavy atom. The Labute approximate surface area is 178 Å². The van der Waals surface area contributed by atoms with Crippen LogP contribution in [0.15, 0.2) is 30.3 Å². The fourth-order valence-corrected chi connectivity index (χ4v) is 3.80. The Morgan fingerprint density at radius 2 is 1.87 bits per heavy atom. The maximum Gasteiger partial charge on any atom is 0.161 e. The summed E-state index contributed by atoms with van der Waals surface area (Å²) in [5, 5.41) is 31.3. The lowest BCUT2D eigenvalue weighted by atomic mass is 9.93. The van der Waals surface area contributed by atoms with Crippen LogP contribution in [0.2, 0.25) is 0 Å². The first kappa shape index (κ1) is 22.1. The van der Waals surface area contributed by atoms with Gasteiger partial charge in [-0.25, -0.2) is 0 Å². The molecule has 6 nitrogen and oxygen atoms in total. The molecule has 6 heteroatoms. The molecule has 0 bridgehead atoms. The summed E-state index contributed by atoms with van der Waals surface area (Å²) in [6.07, 6.45) is 2.95. The third-order valence-corrected chi connectivity index (χ3v) is 5.49. The number of aromatic hydroxyl groups is 2. The number of unbranched alkanes of at least 4 members (excludes halogenated alkanes) is 2. The average Bonchev–Trinajstić information content (AvgIpc) is 2.69. The molecule has 0 aromatic heterocycles. The summed E-state index contributed by atoms with van der Waals surface area (Å²) in [7, 11) is 1.51. The molecule has 1 aliphatic heterocycles. The van der Waals surface area contributed by atoms with Gasteiger partial charge in [0.25, 0.3) is 0 Å². The van der Waals surface area contributed by atoms with Crippen molar-refractivity contribution in [2.24, 2.45) is 0 Å². The number of hydrogen-bond acceptors (Lipinski definition) is 6. The van der Waals surface area contributed by atoms with Crippen LogP contribution in [-0.2, 0) is 6.42 Å². The van der Waals surface area contributed by atoms with Crippen LogP contribution in [0.25, 0.3) is 0 Å². The van der Waals surface area contributed by atoms with E-state index in [9.17, 15) is 15.3 Å². The van der Waals surface area contributed by atoms with E-state index in [1.165, 1.54) is 13.2 Å². The highest BCUT2D eigenvalue weighted by Crippen LogP contribution is 2.43. The zero-order valence-corrected chi connectivity index (χ0v) is 18.1. The van der Waals surface area contributed by atoms with Crippen molar-refractivity contribution in [3.05, 3.63) is 41.5 Å². The van der Waals surface area contributed by atoms with Crippen LogP contribution in [0.3, 0.4) is 0 Å². The average molecular weight is 417 g/mol. The number of aliphatic hydroxyl groups is 1. The van der Waals surface area contributed by atoms with Crippen LogP contribution in [0.5, 0.6) is 28.7 Å². The molecular weight excluding hydrogens is 384 g/mol. The SMILES string of the molecule is CCCCCC(C)(C)Oc1ccc([C@H]2Oc3cc(OC)cc(O)c3CC2O)cc1O. The van der Waals surface area contributed by atoms with Gasteiger partial charge in [-0.05, 0) is 44.4 Å². The molecule has 0 radical (unpaired) electrons. The topological polar surface area (TPSA) is 88.4 Å². The summed E-state index contributed by atoms with van der Waals surface area (Å²) < 4.78 is 17.2.